The maximum Gasteiger partial charge on any atom is 0.457 e. The van der Waals surface area contributed by atoms with Gasteiger partial charge in [-0.2, -0.15) is 0 Å². The molecule has 0 radical (unpaired) electrons. The van der Waals surface area contributed by atoms with Crippen molar-refractivity contribution in [1.82, 2.24) is 9.80 Å². The highest BCUT2D eigenvalue weighted by Gasteiger charge is 2.68. The topological polar surface area (TPSA) is 88.5 Å². The molecule has 3 saturated carbocycles. The third-order valence-electron chi connectivity index (χ3n) is 11.2. The second kappa shape index (κ2) is 9.24. The first kappa shape index (κ1) is 26.1. The van der Waals surface area contributed by atoms with E-state index in [1.165, 1.54) is 24.0 Å². The monoisotopic (exact) mass is 524 g/mol. The summed E-state index contributed by atoms with van der Waals surface area (Å²) in [6, 6.07) is 9.42. The Morgan fingerprint density at radius 3 is 2.63 bits per heavy atom. The van der Waals surface area contributed by atoms with Crippen LogP contribution in [-0.2, 0) is 25.4 Å². The van der Waals surface area contributed by atoms with Gasteiger partial charge < -0.3 is 19.2 Å². The number of methoxy groups -OCH3 is 1. The van der Waals surface area contributed by atoms with E-state index in [1.54, 1.807) is 0 Å². The van der Waals surface area contributed by atoms with Crippen molar-refractivity contribution in [3.8, 4) is 0 Å². The van der Waals surface area contributed by atoms with Crippen molar-refractivity contribution in [1.29, 1.82) is 0 Å². The number of nitrogens with zero attached hydrogens (tertiary/aromatic N) is 2. The standard InChI is InChI=1S/C29H41BN2O6/c1-27(2)20-15-21(27)28(3)23(16-20)37-30(38-28)13-8-11-29-12-14-31(17-19-9-6-5-7-10-19)22(29)18-32(26(34)35)24(29)25(33)36-4/h5-7,9-10,20-24H,8,11-18H2,1-4H3,(H,34,35)/t20-,21-,22-,23+,24+,28-,29-/m0/s1. The zero-order valence-corrected chi connectivity index (χ0v) is 23.1. The second-order valence-electron chi connectivity index (χ2n) is 13.1. The van der Waals surface area contributed by atoms with Crippen LogP contribution in [0.1, 0.15) is 58.4 Å². The number of carbonyl (C=O) groups is 2. The predicted molar refractivity (Wildman–Crippen MR) is 142 cm³/mol. The molecule has 7 rings (SSSR count). The van der Waals surface area contributed by atoms with E-state index in [4.69, 9.17) is 14.0 Å². The van der Waals surface area contributed by atoms with Gasteiger partial charge in [-0.05, 0) is 68.3 Å². The van der Waals surface area contributed by atoms with E-state index >= 15 is 0 Å². The van der Waals surface area contributed by atoms with E-state index in [-0.39, 0.29) is 24.9 Å². The zero-order chi connectivity index (χ0) is 26.9. The minimum Gasteiger partial charge on any atom is -0.467 e. The van der Waals surface area contributed by atoms with Crippen LogP contribution in [-0.4, -0.2) is 78.1 Å². The Hall–Kier alpha value is -2.10. The Morgan fingerprint density at radius 2 is 1.95 bits per heavy atom. The van der Waals surface area contributed by atoms with Crippen LogP contribution in [0.5, 0.6) is 0 Å². The number of ether oxygens (including phenoxy) is 1. The van der Waals surface area contributed by atoms with Gasteiger partial charge in [0.2, 0.25) is 0 Å². The van der Waals surface area contributed by atoms with E-state index in [1.807, 2.05) is 18.2 Å². The molecule has 0 spiro atoms. The molecule has 1 N–H and O–H groups in total. The van der Waals surface area contributed by atoms with E-state index in [2.05, 4.69) is 37.8 Å². The number of rotatable bonds is 7. The van der Waals surface area contributed by atoms with Crippen molar-refractivity contribution >= 4 is 19.2 Å². The van der Waals surface area contributed by atoms with Gasteiger partial charge in [0.15, 0.2) is 0 Å². The number of esters is 1. The third-order valence-corrected chi connectivity index (χ3v) is 11.2. The van der Waals surface area contributed by atoms with Gasteiger partial charge in [0.05, 0.1) is 18.8 Å². The first-order chi connectivity index (χ1) is 18.1. The summed E-state index contributed by atoms with van der Waals surface area (Å²) in [6.07, 6.45) is 4.43. The lowest BCUT2D eigenvalue weighted by molar-refractivity contribution is -0.199. The average molecular weight is 524 g/mol. The van der Waals surface area contributed by atoms with Gasteiger partial charge in [0, 0.05) is 24.5 Å². The van der Waals surface area contributed by atoms with Crippen molar-refractivity contribution in [2.24, 2.45) is 22.7 Å². The minimum atomic E-state index is -1.06. The second-order valence-corrected chi connectivity index (χ2v) is 13.1. The Kier molecular flexibility index (Phi) is 6.36. The number of amides is 1. The van der Waals surface area contributed by atoms with Crippen molar-refractivity contribution in [2.45, 2.75) is 89.5 Å². The van der Waals surface area contributed by atoms with Crippen LogP contribution < -0.4 is 0 Å². The minimum absolute atomic E-state index is 0.0403. The van der Waals surface area contributed by atoms with Gasteiger partial charge in [-0.25, -0.2) is 9.59 Å². The SMILES string of the molecule is COC(=O)[C@H]1N(C(=O)O)C[C@@H]2N(Cc3ccccc3)CC[C@@]21CCCB1O[C@@H]2C[C@@H]3C[C@@H](C3(C)C)[C@]2(C)O1. The highest BCUT2D eigenvalue weighted by Crippen LogP contribution is 2.66. The number of carboxylic acid groups (broad SMARTS) is 1. The normalized spacial score (nSPS) is 39.0. The number of hydrogen-bond acceptors (Lipinski definition) is 6. The molecule has 206 valence electrons. The maximum absolute atomic E-state index is 13.1. The molecular weight excluding hydrogens is 483 g/mol. The summed E-state index contributed by atoms with van der Waals surface area (Å²) in [7, 11) is 1.11. The number of hydrogen-bond donors (Lipinski definition) is 1. The molecule has 6 aliphatic rings. The van der Waals surface area contributed by atoms with Crippen LogP contribution >= 0.6 is 0 Å². The molecule has 1 aromatic rings. The van der Waals surface area contributed by atoms with E-state index in [0.717, 1.165) is 45.1 Å². The molecule has 3 saturated heterocycles. The molecule has 0 aromatic heterocycles. The Morgan fingerprint density at radius 1 is 1.18 bits per heavy atom. The summed E-state index contributed by atoms with van der Waals surface area (Å²) < 4.78 is 18.3. The van der Waals surface area contributed by atoms with Crippen LogP contribution in [0.15, 0.2) is 30.3 Å². The summed E-state index contributed by atoms with van der Waals surface area (Å²) >= 11 is 0. The summed E-state index contributed by atoms with van der Waals surface area (Å²) in [4.78, 5) is 29.0. The van der Waals surface area contributed by atoms with Gasteiger partial charge in [0.25, 0.3) is 0 Å². The fourth-order valence-corrected chi connectivity index (χ4v) is 9.03. The molecule has 3 aliphatic carbocycles. The summed E-state index contributed by atoms with van der Waals surface area (Å²) in [5.41, 5.74) is 0.779. The van der Waals surface area contributed by atoms with Crippen LogP contribution in [0, 0.1) is 22.7 Å². The lowest BCUT2D eigenvalue weighted by Crippen LogP contribution is -2.65. The molecule has 38 heavy (non-hydrogen) atoms. The maximum atomic E-state index is 13.1. The lowest BCUT2D eigenvalue weighted by atomic mass is 9.43. The predicted octanol–water partition coefficient (Wildman–Crippen LogP) is 4.29. The summed E-state index contributed by atoms with van der Waals surface area (Å²) in [6.45, 7) is 8.85. The van der Waals surface area contributed by atoms with E-state index in [0.29, 0.717) is 23.8 Å². The van der Waals surface area contributed by atoms with Gasteiger partial charge >= 0.3 is 19.2 Å². The number of carbonyl (C=O) groups excluding carboxylic acids is 1. The smallest absolute Gasteiger partial charge is 0.457 e. The molecule has 3 heterocycles. The Labute approximate surface area is 226 Å². The van der Waals surface area contributed by atoms with Crippen molar-refractivity contribution in [3.63, 3.8) is 0 Å². The first-order valence-electron chi connectivity index (χ1n) is 14.3. The third kappa shape index (κ3) is 3.83. The molecule has 8 nitrogen and oxygen atoms in total. The fourth-order valence-electron chi connectivity index (χ4n) is 9.03. The number of benzene rings is 1. The molecule has 0 unspecified atom stereocenters. The average Bonchev–Trinajstić information content (AvgIpc) is 3.52. The van der Waals surface area contributed by atoms with Crippen molar-refractivity contribution < 1.29 is 28.7 Å². The van der Waals surface area contributed by atoms with Crippen LogP contribution in [0.2, 0.25) is 6.32 Å². The molecule has 7 atom stereocenters. The lowest BCUT2D eigenvalue weighted by Gasteiger charge is -2.64. The van der Waals surface area contributed by atoms with Gasteiger partial charge in [0.1, 0.15) is 6.04 Å². The van der Waals surface area contributed by atoms with Crippen LogP contribution in [0.4, 0.5) is 4.79 Å². The largest absolute Gasteiger partial charge is 0.467 e. The molecule has 9 heteroatoms. The Bertz CT molecular complexity index is 1090. The number of likely N-dealkylation sites (tertiary alicyclic amines) is 2. The highest BCUT2D eigenvalue weighted by molar-refractivity contribution is 6.45. The van der Waals surface area contributed by atoms with E-state index in [9.17, 15) is 14.7 Å². The van der Waals surface area contributed by atoms with Crippen molar-refractivity contribution in [3.05, 3.63) is 35.9 Å². The molecule has 1 amide bonds. The molecular formula is C29H41BN2O6. The van der Waals surface area contributed by atoms with Gasteiger partial charge in [-0.1, -0.05) is 50.6 Å². The zero-order valence-electron chi connectivity index (χ0n) is 23.1. The molecule has 2 bridgehead atoms. The summed E-state index contributed by atoms with van der Waals surface area (Å²) in [5.74, 6) is 0.782. The fraction of sp³-hybridized carbons (Fsp3) is 0.724. The molecule has 3 aliphatic heterocycles. The van der Waals surface area contributed by atoms with Crippen LogP contribution in [0.3, 0.4) is 0 Å². The van der Waals surface area contributed by atoms with E-state index < -0.39 is 23.5 Å². The first-order valence-corrected chi connectivity index (χ1v) is 14.3. The van der Waals surface area contributed by atoms with Gasteiger partial charge in [-0.3, -0.25) is 9.80 Å². The van der Waals surface area contributed by atoms with Crippen molar-refractivity contribution in [2.75, 3.05) is 20.2 Å². The Balaban J connectivity index is 1.18. The summed E-state index contributed by atoms with van der Waals surface area (Å²) in [5, 5.41) is 10.0. The van der Waals surface area contributed by atoms with Gasteiger partial charge in [-0.15, -0.1) is 0 Å². The number of fused-ring (bicyclic) bond motifs is 1. The highest BCUT2D eigenvalue weighted by atomic mass is 16.7. The molecule has 1 aromatic carbocycles. The molecule has 6 fully saturated rings. The van der Waals surface area contributed by atoms with Crippen LogP contribution in [0.25, 0.3) is 0 Å². The quantitative estimate of drug-likeness (QED) is 0.421.